The zero-order valence-electron chi connectivity index (χ0n) is 16.0. The number of hydrogen-bond donors (Lipinski definition) is 1. The van der Waals surface area contributed by atoms with E-state index >= 15 is 0 Å². The predicted molar refractivity (Wildman–Crippen MR) is 100 cm³/mol. The Hall–Kier alpha value is -2.11. The van der Waals surface area contributed by atoms with Gasteiger partial charge in [0.1, 0.15) is 11.4 Å². The summed E-state index contributed by atoms with van der Waals surface area (Å²) in [7, 11) is 0. The Bertz CT molecular complexity index is 656. The molecule has 3 heterocycles. The molecule has 2 aliphatic heterocycles. The average molecular weight is 359 g/mol. The summed E-state index contributed by atoms with van der Waals surface area (Å²) >= 11 is 0. The molecule has 1 aromatic heterocycles. The second-order valence-corrected chi connectivity index (χ2v) is 8.39. The van der Waals surface area contributed by atoms with Crippen LogP contribution >= 0.6 is 0 Å². The molecule has 0 unspecified atom stereocenters. The third-order valence-electron chi connectivity index (χ3n) is 5.28. The number of pyridine rings is 1. The minimum Gasteiger partial charge on any atom is -0.456 e. The van der Waals surface area contributed by atoms with E-state index in [9.17, 15) is 9.59 Å². The van der Waals surface area contributed by atoms with Crippen molar-refractivity contribution in [3.63, 3.8) is 0 Å². The molecular weight excluding hydrogens is 330 g/mol. The van der Waals surface area contributed by atoms with E-state index in [1.807, 2.05) is 26.8 Å². The topological polar surface area (TPSA) is 71.5 Å². The molecule has 26 heavy (non-hydrogen) atoms. The molecule has 0 aliphatic carbocycles. The van der Waals surface area contributed by atoms with Gasteiger partial charge >= 0.3 is 5.97 Å². The molecule has 0 atom stereocenters. The molecule has 6 heteroatoms. The predicted octanol–water partition coefficient (Wildman–Crippen LogP) is 2.92. The summed E-state index contributed by atoms with van der Waals surface area (Å²) < 4.78 is 5.37. The smallest absolute Gasteiger partial charge is 0.340 e. The van der Waals surface area contributed by atoms with Crippen LogP contribution in [0.4, 0.5) is 5.82 Å². The van der Waals surface area contributed by atoms with Crippen molar-refractivity contribution in [1.29, 1.82) is 0 Å². The Balaban J connectivity index is 1.63. The number of esters is 1. The number of piperidine rings is 1. The molecule has 0 radical (unpaired) electrons. The first-order chi connectivity index (χ1) is 12.3. The third-order valence-corrected chi connectivity index (χ3v) is 5.28. The van der Waals surface area contributed by atoms with Crippen molar-refractivity contribution >= 4 is 17.7 Å². The van der Waals surface area contributed by atoms with Gasteiger partial charge in [0.25, 0.3) is 0 Å². The number of rotatable bonds is 2. The minimum atomic E-state index is -0.518. The van der Waals surface area contributed by atoms with Gasteiger partial charge in [0, 0.05) is 25.8 Å². The standard InChI is InChI=1S/C20H29N3O3/c1-19(2,3)26-17(24)15-6-7-16(22-14-15)23-12-9-20(10-13-23)8-4-5-11-21-18(20)25/h6-7,14H,4-5,8-13H2,1-3H3,(H,21,25). The van der Waals surface area contributed by atoms with Crippen LogP contribution in [0.5, 0.6) is 0 Å². The molecule has 0 aromatic carbocycles. The van der Waals surface area contributed by atoms with Gasteiger partial charge in [-0.25, -0.2) is 9.78 Å². The van der Waals surface area contributed by atoms with E-state index in [1.54, 1.807) is 12.3 Å². The first-order valence-electron chi connectivity index (χ1n) is 9.52. The van der Waals surface area contributed by atoms with Crippen molar-refractivity contribution in [2.24, 2.45) is 5.41 Å². The van der Waals surface area contributed by atoms with E-state index in [0.29, 0.717) is 5.56 Å². The van der Waals surface area contributed by atoms with Crippen molar-refractivity contribution in [2.75, 3.05) is 24.5 Å². The van der Waals surface area contributed by atoms with Crippen molar-refractivity contribution in [3.8, 4) is 0 Å². The molecular formula is C20H29N3O3. The van der Waals surface area contributed by atoms with Crippen molar-refractivity contribution < 1.29 is 14.3 Å². The zero-order valence-corrected chi connectivity index (χ0v) is 16.0. The summed E-state index contributed by atoms with van der Waals surface area (Å²) in [4.78, 5) is 31.2. The summed E-state index contributed by atoms with van der Waals surface area (Å²) in [5.41, 5.74) is -0.264. The number of ether oxygens (including phenoxy) is 1. The molecule has 0 saturated carbocycles. The highest BCUT2D eigenvalue weighted by Gasteiger charge is 2.41. The Morgan fingerprint density at radius 3 is 2.54 bits per heavy atom. The summed E-state index contributed by atoms with van der Waals surface area (Å²) in [5.74, 6) is 0.716. The summed E-state index contributed by atoms with van der Waals surface area (Å²) in [5, 5.41) is 3.07. The van der Waals surface area contributed by atoms with Crippen LogP contribution in [0.3, 0.4) is 0 Å². The maximum absolute atomic E-state index is 12.5. The Morgan fingerprint density at radius 1 is 1.19 bits per heavy atom. The fourth-order valence-corrected chi connectivity index (χ4v) is 3.76. The van der Waals surface area contributed by atoms with E-state index in [1.165, 1.54) is 0 Å². The lowest BCUT2D eigenvalue weighted by Gasteiger charge is -2.40. The number of anilines is 1. The van der Waals surface area contributed by atoms with Gasteiger partial charge < -0.3 is 15.0 Å². The van der Waals surface area contributed by atoms with Crippen molar-refractivity contribution in [2.45, 2.75) is 58.5 Å². The van der Waals surface area contributed by atoms with Gasteiger partial charge in [0.15, 0.2) is 0 Å². The summed E-state index contributed by atoms with van der Waals surface area (Å²) in [6.07, 6.45) is 6.46. The lowest BCUT2D eigenvalue weighted by atomic mass is 9.74. The lowest BCUT2D eigenvalue weighted by molar-refractivity contribution is -0.132. The number of carbonyl (C=O) groups is 2. The van der Waals surface area contributed by atoms with Gasteiger partial charge in [0.2, 0.25) is 5.91 Å². The van der Waals surface area contributed by atoms with Gasteiger partial charge in [-0.3, -0.25) is 4.79 Å². The monoisotopic (exact) mass is 359 g/mol. The number of aromatic nitrogens is 1. The second-order valence-electron chi connectivity index (χ2n) is 8.39. The van der Waals surface area contributed by atoms with Gasteiger partial charge in [-0.2, -0.15) is 0 Å². The molecule has 0 bridgehead atoms. The van der Waals surface area contributed by atoms with E-state index in [2.05, 4.69) is 15.2 Å². The van der Waals surface area contributed by atoms with Crippen LogP contribution in [0, 0.1) is 5.41 Å². The molecule has 142 valence electrons. The number of hydrogen-bond acceptors (Lipinski definition) is 5. The highest BCUT2D eigenvalue weighted by molar-refractivity contribution is 5.89. The third kappa shape index (κ3) is 4.17. The average Bonchev–Trinajstić information content (AvgIpc) is 2.77. The maximum atomic E-state index is 12.5. The quantitative estimate of drug-likeness (QED) is 0.822. The van der Waals surface area contributed by atoms with E-state index in [4.69, 9.17) is 4.74 Å². The molecule has 1 spiro atoms. The van der Waals surface area contributed by atoms with Crippen LogP contribution in [0.25, 0.3) is 0 Å². The second kappa shape index (κ2) is 7.25. The summed E-state index contributed by atoms with van der Waals surface area (Å²) in [6.45, 7) is 7.97. The molecule has 2 fully saturated rings. The number of amides is 1. The van der Waals surface area contributed by atoms with Crippen LogP contribution in [0.15, 0.2) is 18.3 Å². The molecule has 3 rings (SSSR count). The highest BCUT2D eigenvalue weighted by Crippen LogP contribution is 2.39. The van der Waals surface area contributed by atoms with Crippen molar-refractivity contribution in [1.82, 2.24) is 10.3 Å². The highest BCUT2D eigenvalue weighted by atomic mass is 16.6. The van der Waals surface area contributed by atoms with Crippen LogP contribution in [0.2, 0.25) is 0 Å². The molecule has 1 aromatic rings. The normalized spacial score (nSPS) is 20.4. The zero-order chi connectivity index (χ0) is 18.8. The van der Waals surface area contributed by atoms with Gasteiger partial charge in [-0.05, 0) is 58.6 Å². The molecule has 1 amide bonds. The van der Waals surface area contributed by atoms with Gasteiger partial charge in [-0.1, -0.05) is 6.42 Å². The SMILES string of the molecule is CC(C)(C)OC(=O)c1ccc(N2CCC3(CCCCNC3=O)CC2)nc1. The van der Waals surface area contributed by atoms with Crippen molar-refractivity contribution in [3.05, 3.63) is 23.9 Å². The van der Waals surface area contributed by atoms with Crippen LogP contribution in [-0.4, -0.2) is 42.1 Å². The molecule has 6 nitrogen and oxygen atoms in total. The fourth-order valence-electron chi connectivity index (χ4n) is 3.76. The van der Waals surface area contributed by atoms with Crippen LogP contribution in [-0.2, 0) is 9.53 Å². The Labute approximate surface area is 155 Å². The van der Waals surface area contributed by atoms with E-state index in [-0.39, 0.29) is 17.3 Å². The minimum absolute atomic E-state index is 0.205. The summed E-state index contributed by atoms with van der Waals surface area (Å²) in [6, 6.07) is 3.63. The Kier molecular flexibility index (Phi) is 5.21. The van der Waals surface area contributed by atoms with Gasteiger partial charge in [-0.15, -0.1) is 0 Å². The molecule has 1 N–H and O–H groups in total. The van der Waals surface area contributed by atoms with E-state index < -0.39 is 5.60 Å². The number of nitrogens with one attached hydrogen (secondary N) is 1. The van der Waals surface area contributed by atoms with Crippen LogP contribution in [0.1, 0.15) is 63.2 Å². The maximum Gasteiger partial charge on any atom is 0.340 e. The Morgan fingerprint density at radius 2 is 1.92 bits per heavy atom. The van der Waals surface area contributed by atoms with Crippen LogP contribution < -0.4 is 10.2 Å². The van der Waals surface area contributed by atoms with E-state index in [0.717, 1.165) is 57.6 Å². The van der Waals surface area contributed by atoms with Gasteiger partial charge in [0.05, 0.1) is 11.0 Å². The fraction of sp³-hybridized carbons (Fsp3) is 0.650. The first-order valence-corrected chi connectivity index (χ1v) is 9.52. The lowest BCUT2D eigenvalue weighted by Crippen LogP contribution is -2.48. The number of nitrogens with zero attached hydrogens (tertiary/aromatic N) is 2. The largest absolute Gasteiger partial charge is 0.456 e. The number of carbonyl (C=O) groups excluding carboxylic acids is 2. The molecule has 2 aliphatic rings. The first kappa shape index (κ1) is 18.7. The molecule has 2 saturated heterocycles.